The summed E-state index contributed by atoms with van der Waals surface area (Å²) in [5.41, 5.74) is 2.26. The molecule has 1 amide bonds. The Kier molecular flexibility index (Phi) is 5.36. The van der Waals surface area contributed by atoms with E-state index in [-0.39, 0.29) is 22.4 Å². The number of fused-ring (bicyclic) bond motifs is 1. The van der Waals surface area contributed by atoms with Crippen molar-refractivity contribution < 1.29 is 17.9 Å². The van der Waals surface area contributed by atoms with Crippen LogP contribution in [0.5, 0.6) is 5.75 Å². The molecule has 2 heterocycles. The summed E-state index contributed by atoms with van der Waals surface area (Å²) in [5, 5.41) is 0. The average Bonchev–Trinajstić information content (AvgIpc) is 3.09. The van der Waals surface area contributed by atoms with Crippen LogP contribution in [-0.2, 0) is 16.4 Å². The number of carbonyl (C=O) groups excluding carboxylic acids is 1. The Morgan fingerprint density at radius 3 is 2.52 bits per heavy atom. The quantitative estimate of drug-likeness (QED) is 0.768. The van der Waals surface area contributed by atoms with Crippen LogP contribution in [0, 0.1) is 0 Å². The molecule has 2 aliphatic rings. The number of rotatable bonds is 4. The van der Waals surface area contributed by atoms with Crippen LogP contribution < -0.4 is 9.64 Å². The van der Waals surface area contributed by atoms with Gasteiger partial charge in [0.1, 0.15) is 5.75 Å². The number of hydrogen-bond acceptors (Lipinski definition) is 4. The van der Waals surface area contributed by atoms with E-state index in [2.05, 4.69) is 0 Å². The predicted molar refractivity (Wildman–Crippen MR) is 112 cm³/mol. The van der Waals surface area contributed by atoms with Crippen LogP contribution >= 0.6 is 0 Å². The third-order valence-electron chi connectivity index (χ3n) is 5.78. The van der Waals surface area contributed by atoms with E-state index < -0.39 is 10.0 Å². The van der Waals surface area contributed by atoms with E-state index in [1.807, 2.05) is 31.2 Å². The van der Waals surface area contributed by atoms with Crippen molar-refractivity contribution in [3.63, 3.8) is 0 Å². The minimum Gasteiger partial charge on any atom is -0.496 e. The van der Waals surface area contributed by atoms with Crippen molar-refractivity contribution in [2.24, 2.45) is 0 Å². The highest BCUT2D eigenvalue weighted by Crippen LogP contribution is 2.35. The van der Waals surface area contributed by atoms with Crippen molar-refractivity contribution in [1.82, 2.24) is 4.31 Å². The molecule has 0 saturated carbocycles. The maximum atomic E-state index is 13.5. The van der Waals surface area contributed by atoms with Crippen molar-refractivity contribution in [3.8, 4) is 5.75 Å². The number of amides is 1. The lowest BCUT2D eigenvalue weighted by molar-refractivity contribution is 0.0978. The summed E-state index contributed by atoms with van der Waals surface area (Å²) in [6.07, 6.45) is 3.55. The van der Waals surface area contributed by atoms with Crippen molar-refractivity contribution >= 4 is 21.6 Å². The van der Waals surface area contributed by atoms with Crippen molar-refractivity contribution in [2.45, 2.75) is 43.5 Å². The molecular formula is C22H26N2O4S. The maximum Gasteiger partial charge on any atom is 0.262 e. The normalized spacial score (nSPS) is 19.8. The molecule has 0 aromatic heterocycles. The topological polar surface area (TPSA) is 66.9 Å². The molecule has 2 aromatic rings. The molecule has 2 aromatic carbocycles. The first kappa shape index (κ1) is 19.9. The van der Waals surface area contributed by atoms with E-state index in [1.165, 1.54) is 23.5 Å². The molecular weight excluding hydrogens is 388 g/mol. The molecule has 154 valence electrons. The number of methoxy groups -OCH3 is 1. The standard InChI is InChI=1S/C22H26N2O4S/c1-16-14-17-8-4-5-9-20(17)24(16)22(25)19-15-18(10-11-21(19)28-2)29(26,27)23-12-6-3-7-13-23/h4-5,8-11,15-16H,3,6-7,12-14H2,1-2H3/t16-/m1/s1. The molecule has 0 N–H and O–H groups in total. The number of benzene rings is 2. The summed E-state index contributed by atoms with van der Waals surface area (Å²) in [6, 6.07) is 12.4. The van der Waals surface area contributed by atoms with Crippen molar-refractivity contribution in [2.75, 3.05) is 25.1 Å². The van der Waals surface area contributed by atoms with Crippen LogP contribution in [0.2, 0.25) is 0 Å². The van der Waals surface area contributed by atoms with Crippen LogP contribution in [0.15, 0.2) is 47.4 Å². The number of anilines is 1. The minimum absolute atomic E-state index is 0.00744. The Bertz CT molecular complexity index is 1030. The van der Waals surface area contributed by atoms with Gasteiger partial charge in [-0.3, -0.25) is 4.79 Å². The highest BCUT2D eigenvalue weighted by molar-refractivity contribution is 7.89. The first-order chi connectivity index (χ1) is 13.9. The lowest BCUT2D eigenvalue weighted by atomic mass is 10.1. The first-order valence-corrected chi connectivity index (χ1v) is 11.5. The minimum atomic E-state index is -3.63. The Morgan fingerprint density at radius 1 is 1.07 bits per heavy atom. The van der Waals surface area contributed by atoms with E-state index in [9.17, 15) is 13.2 Å². The van der Waals surface area contributed by atoms with Crippen LogP contribution in [0.25, 0.3) is 0 Å². The lowest BCUT2D eigenvalue weighted by Gasteiger charge is -2.27. The zero-order valence-corrected chi connectivity index (χ0v) is 17.6. The van der Waals surface area contributed by atoms with Gasteiger partial charge in [-0.1, -0.05) is 24.6 Å². The molecule has 0 radical (unpaired) electrons. The van der Waals surface area contributed by atoms with Gasteiger partial charge in [-0.25, -0.2) is 8.42 Å². The number of hydrogen-bond donors (Lipinski definition) is 0. The highest BCUT2D eigenvalue weighted by atomic mass is 32.2. The maximum absolute atomic E-state index is 13.5. The molecule has 1 fully saturated rings. The summed E-state index contributed by atoms with van der Waals surface area (Å²) in [6.45, 7) is 3.04. The number of piperidine rings is 1. The summed E-state index contributed by atoms with van der Waals surface area (Å²) >= 11 is 0. The van der Waals surface area contributed by atoms with E-state index in [4.69, 9.17) is 4.74 Å². The number of carbonyl (C=O) groups is 1. The van der Waals surface area contributed by atoms with Gasteiger partial charge in [0.15, 0.2) is 0 Å². The van der Waals surface area contributed by atoms with Gasteiger partial charge in [0, 0.05) is 24.8 Å². The molecule has 4 rings (SSSR count). The highest BCUT2D eigenvalue weighted by Gasteiger charge is 2.34. The summed E-state index contributed by atoms with van der Waals surface area (Å²) in [7, 11) is -2.14. The smallest absolute Gasteiger partial charge is 0.262 e. The molecule has 1 saturated heterocycles. The Morgan fingerprint density at radius 2 is 1.79 bits per heavy atom. The predicted octanol–water partition coefficient (Wildman–Crippen LogP) is 3.46. The van der Waals surface area contributed by atoms with Crippen LogP contribution in [0.4, 0.5) is 5.69 Å². The molecule has 0 unspecified atom stereocenters. The number of para-hydroxylation sites is 1. The zero-order valence-electron chi connectivity index (χ0n) is 16.8. The Balaban J connectivity index is 1.74. The van der Waals surface area contributed by atoms with Crippen LogP contribution in [-0.4, -0.2) is 44.9 Å². The molecule has 0 spiro atoms. The molecule has 0 aliphatic carbocycles. The number of sulfonamides is 1. The summed E-state index contributed by atoms with van der Waals surface area (Å²) in [5.74, 6) is 0.138. The lowest BCUT2D eigenvalue weighted by Crippen LogP contribution is -2.37. The monoisotopic (exact) mass is 414 g/mol. The fraction of sp³-hybridized carbons (Fsp3) is 0.409. The molecule has 7 heteroatoms. The van der Waals surface area contributed by atoms with Gasteiger partial charge in [0.2, 0.25) is 10.0 Å². The molecule has 1 atom stereocenters. The van der Waals surface area contributed by atoms with E-state index >= 15 is 0 Å². The Labute approximate surface area is 172 Å². The van der Waals surface area contributed by atoms with Gasteiger partial charge in [0.25, 0.3) is 5.91 Å². The largest absolute Gasteiger partial charge is 0.496 e. The fourth-order valence-electron chi connectivity index (χ4n) is 4.27. The van der Waals surface area contributed by atoms with Gasteiger partial charge < -0.3 is 9.64 Å². The van der Waals surface area contributed by atoms with Crippen LogP contribution in [0.3, 0.4) is 0 Å². The van der Waals surface area contributed by atoms with Gasteiger partial charge in [0.05, 0.1) is 17.6 Å². The first-order valence-electron chi connectivity index (χ1n) is 10.0. The van der Waals surface area contributed by atoms with Gasteiger partial charge in [-0.2, -0.15) is 4.31 Å². The van der Waals surface area contributed by atoms with E-state index in [0.717, 1.165) is 36.9 Å². The molecule has 29 heavy (non-hydrogen) atoms. The second-order valence-electron chi connectivity index (χ2n) is 7.68. The third-order valence-corrected chi connectivity index (χ3v) is 7.67. The summed E-state index contributed by atoms with van der Waals surface area (Å²) in [4.78, 5) is 15.4. The third kappa shape index (κ3) is 3.53. The Hall–Kier alpha value is -2.38. The second kappa shape index (κ2) is 7.80. The summed E-state index contributed by atoms with van der Waals surface area (Å²) < 4.78 is 33.1. The van der Waals surface area contributed by atoms with Gasteiger partial charge >= 0.3 is 0 Å². The van der Waals surface area contributed by atoms with Crippen molar-refractivity contribution in [1.29, 1.82) is 0 Å². The SMILES string of the molecule is COc1ccc(S(=O)(=O)N2CCCCC2)cc1C(=O)N1c2ccccc2C[C@H]1C. The molecule has 6 nitrogen and oxygen atoms in total. The van der Waals surface area contributed by atoms with Crippen molar-refractivity contribution in [3.05, 3.63) is 53.6 Å². The average molecular weight is 415 g/mol. The fourth-order valence-corrected chi connectivity index (χ4v) is 5.82. The second-order valence-corrected chi connectivity index (χ2v) is 9.62. The van der Waals surface area contributed by atoms with Gasteiger partial charge in [-0.05, 0) is 56.0 Å². The zero-order chi connectivity index (χ0) is 20.6. The van der Waals surface area contributed by atoms with Crippen LogP contribution in [0.1, 0.15) is 42.1 Å². The number of ether oxygens (including phenoxy) is 1. The van der Waals surface area contributed by atoms with E-state index in [1.54, 1.807) is 11.0 Å². The molecule has 0 bridgehead atoms. The van der Waals surface area contributed by atoms with Gasteiger partial charge in [-0.15, -0.1) is 0 Å². The number of nitrogens with zero attached hydrogens (tertiary/aromatic N) is 2. The van der Waals surface area contributed by atoms with E-state index in [0.29, 0.717) is 18.8 Å². The molecule has 2 aliphatic heterocycles.